The lowest BCUT2D eigenvalue weighted by atomic mass is 9.83. The van der Waals surface area contributed by atoms with Crippen molar-refractivity contribution in [3.63, 3.8) is 0 Å². The average molecular weight is 322 g/mol. The Morgan fingerprint density at radius 3 is 2.33 bits per heavy atom. The van der Waals surface area contributed by atoms with Gasteiger partial charge < -0.3 is 20.1 Å². The number of rotatable bonds is 3. The molecule has 1 heterocycles. The van der Waals surface area contributed by atoms with E-state index in [1.165, 1.54) is 12.1 Å². The molecule has 1 aliphatic rings. The fourth-order valence-corrected chi connectivity index (χ4v) is 3.04. The van der Waals surface area contributed by atoms with Crippen LogP contribution in [0, 0.1) is 0 Å². The van der Waals surface area contributed by atoms with Gasteiger partial charge in [0, 0.05) is 5.56 Å². The first-order valence-corrected chi connectivity index (χ1v) is 7.43. The molecular weight excluding hydrogens is 308 g/mol. The molecule has 1 unspecified atom stereocenters. The van der Waals surface area contributed by atoms with Crippen molar-refractivity contribution < 1.29 is 24.9 Å². The Balaban J connectivity index is 1.85. The number of hydrogen-bond donors (Lipinski definition) is 3. The maximum atomic E-state index is 12.5. The van der Waals surface area contributed by atoms with Gasteiger partial charge in [0.25, 0.3) is 0 Å². The zero-order chi connectivity index (χ0) is 16.9. The van der Waals surface area contributed by atoms with Gasteiger partial charge in [-0.3, -0.25) is 4.79 Å². The minimum atomic E-state index is -3.12. The van der Waals surface area contributed by atoms with Gasteiger partial charge >= 0.3 is 11.6 Å². The van der Waals surface area contributed by atoms with Gasteiger partial charge in [0.2, 0.25) is 5.78 Å². The van der Waals surface area contributed by atoms with Crippen molar-refractivity contribution in [1.29, 1.82) is 0 Å². The number of ether oxygens (including phenoxy) is 1. The zero-order valence-corrected chi connectivity index (χ0v) is 12.5. The van der Waals surface area contributed by atoms with E-state index in [2.05, 4.69) is 0 Å². The fourth-order valence-electron chi connectivity index (χ4n) is 3.04. The summed E-state index contributed by atoms with van der Waals surface area (Å²) in [4.78, 5) is 12.5. The lowest BCUT2D eigenvalue weighted by molar-refractivity contribution is -0.342. The summed E-state index contributed by atoms with van der Waals surface area (Å²) in [5, 5.41) is 33.1. The summed E-state index contributed by atoms with van der Waals surface area (Å²) in [6.07, 6.45) is 0. The van der Waals surface area contributed by atoms with Crippen LogP contribution in [-0.2, 0) is 5.79 Å². The standard InChI is InChI=1S/C19H14O5/c20-17(13-7-2-1-3-8-13)18(21,22)19(23)16-14-9-5-4-6-12(14)10-11-15(16)24-19/h1-11,21-23H. The first-order chi connectivity index (χ1) is 11.4. The molecule has 5 nitrogen and oxygen atoms in total. The summed E-state index contributed by atoms with van der Waals surface area (Å²) in [5.74, 6) is -6.38. The Morgan fingerprint density at radius 2 is 1.58 bits per heavy atom. The molecule has 5 heteroatoms. The van der Waals surface area contributed by atoms with Crippen LogP contribution in [0.1, 0.15) is 15.9 Å². The number of fused-ring (bicyclic) bond motifs is 3. The Labute approximate surface area is 137 Å². The molecule has 24 heavy (non-hydrogen) atoms. The monoisotopic (exact) mass is 322 g/mol. The SMILES string of the molecule is O=C(c1ccccc1)C(O)(O)C1(O)Oc2ccc3ccccc3c21. The van der Waals surface area contributed by atoms with Crippen molar-refractivity contribution in [2.75, 3.05) is 0 Å². The summed E-state index contributed by atoms with van der Waals surface area (Å²) >= 11 is 0. The second-order valence-corrected chi connectivity index (χ2v) is 5.77. The summed E-state index contributed by atoms with van der Waals surface area (Å²) in [6.45, 7) is 0. The molecule has 0 aliphatic carbocycles. The van der Waals surface area contributed by atoms with E-state index in [1.807, 2.05) is 12.1 Å². The molecule has 3 N–H and O–H groups in total. The minimum Gasteiger partial charge on any atom is -0.451 e. The van der Waals surface area contributed by atoms with Crippen LogP contribution in [-0.4, -0.2) is 26.9 Å². The van der Waals surface area contributed by atoms with Crippen LogP contribution >= 0.6 is 0 Å². The number of carbonyl (C=O) groups excluding carboxylic acids is 1. The molecule has 1 aliphatic heterocycles. The first-order valence-electron chi connectivity index (χ1n) is 7.43. The van der Waals surface area contributed by atoms with Gasteiger partial charge in [0.05, 0.1) is 5.56 Å². The lowest BCUT2D eigenvalue weighted by Gasteiger charge is -2.46. The molecule has 0 radical (unpaired) electrons. The van der Waals surface area contributed by atoms with Crippen molar-refractivity contribution in [2.45, 2.75) is 11.6 Å². The molecular formula is C19H14O5. The summed E-state index contributed by atoms with van der Waals surface area (Å²) < 4.78 is 5.22. The number of Topliss-reactive ketones (excluding diaryl/α,β-unsaturated/α-hetero) is 1. The molecule has 0 saturated carbocycles. The number of benzene rings is 3. The van der Waals surface area contributed by atoms with E-state index < -0.39 is 17.4 Å². The van der Waals surface area contributed by atoms with E-state index in [9.17, 15) is 20.1 Å². The summed E-state index contributed by atoms with van der Waals surface area (Å²) in [6, 6.07) is 18.3. The van der Waals surface area contributed by atoms with Crippen LogP contribution in [0.2, 0.25) is 0 Å². The van der Waals surface area contributed by atoms with Gasteiger partial charge in [-0.2, -0.15) is 0 Å². The highest BCUT2D eigenvalue weighted by Crippen LogP contribution is 2.51. The third kappa shape index (κ3) is 1.83. The molecule has 0 bridgehead atoms. The molecule has 3 aromatic carbocycles. The van der Waals surface area contributed by atoms with E-state index in [0.717, 1.165) is 5.39 Å². The topological polar surface area (TPSA) is 87.0 Å². The quantitative estimate of drug-likeness (QED) is 0.507. The number of hydrogen-bond acceptors (Lipinski definition) is 5. The first kappa shape index (κ1) is 14.8. The van der Waals surface area contributed by atoms with Gasteiger partial charge in [-0.05, 0) is 16.8 Å². The van der Waals surface area contributed by atoms with Gasteiger partial charge in [-0.15, -0.1) is 0 Å². The predicted octanol–water partition coefficient (Wildman–Crippen LogP) is 1.94. The zero-order valence-electron chi connectivity index (χ0n) is 12.5. The molecule has 0 aromatic heterocycles. The molecule has 3 aromatic rings. The Morgan fingerprint density at radius 1 is 0.917 bits per heavy atom. The van der Waals surface area contributed by atoms with Gasteiger partial charge in [0.1, 0.15) is 5.75 Å². The molecule has 4 rings (SSSR count). The van der Waals surface area contributed by atoms with Gasteiger partial charge in [-0.1, -0.05) is 60.7 Å². The largest absolute Gasteiger partial charge is 0.451 e. The molecule has 0 spiro atoms. The van der Waals surface area contributed by atoms with E-state index in [0.29, 0.717) is 11.1 Å². The van der Waals surface area contributed by atoms with Crippen molar-refractivity contribution in [2.24, 2.45) is 0 Å². The predicted molar refractivity (Wildman–Crippen MR) is 86.4 cm³/mol. The van der Waals surface area contributed by atoms with Crippen molar-refractivity contribution in [3.8, 4) is 5.75 Å². The van der Waals surface area contributed by atoms with E-state index >= 15 is 0 Å². The Kier molecular flexibility index (Phi) is 3.02. The normalized spacial score (nSPS) is 19.3. The second kappa shape index (κ2) is 4.88. The highest BCUT2D eigenvalue weighted by atomic mass is 16.7. The summed E-state index contributed by atoms with van der Waals surface area (Å²) in [5.41, 5.74) is 0.253. The lowest BCUT2D eigenvalue weighted by Crippen LogP contribution is -2.64. The van der Waals surface area contributed by atoms with Crippen molar-refractivity contribution >= 4 is 16.6 Å². The maximum Gasteiger partial charge on any atom is 0.302 e. The highest BCUT2D eigenvalue weighted by Gasteiger charge is 2.64. The van der Waals surface area contributed by atoms with Crippen LogP contribution in [0.25, 0.3) is 10.8 Å². The third-order valence-electron chi connectivity index (χ3n) is 4.31. The highest BCUT2D eigenvalue weighted by molar-refractivity contribution is 6.03. The molecule has 1 atom stereocenters. The van der Waals surface area contributed by atoms with Crippen LogP contribution in [0.3, 0.4) is 0 Å². The van der Waals surface area contributed by atoms with Gasteiger partial charge in [-0.25, -0.2) is 0 Å². The molecule has 0 fully saturated rings. The molecule has 0 amide bonds. The number of carbonyl (C=O) groups is 1. The van der Waals surface area contributed by atoms with E-state index in [4.69, 9.17) is 4.74 Å². The number of aliphatic hydroxyl groups is 3. The van der Waals surface area contributed by atoms with Crippen LogP contribution in [0.15, 0.2) is 66.7 Å². The third-order valence-corrected chi connectivity index (χ3v) is 4.31. The minimum absolute atomic E-state index is 0.0632. The average Bonchev–Trinajstić information content (AvgIpc) is 2.59. The molecule has 120 valence electrons. The Hall–Kier alpha value is -2.73. The number of ketones is 1. The van der Waals surface area contributed by atoms with Crippen molar-refractivity contribution in [3.05, 3.63) is 77.9 Å². The summed E-state index contributed by atoms with van der Waals surface area (Å²) in [7, 11) is 0. The second-order valence-electron chi connectivity index (χ2n) is 5.77. The fraction of sp³-hybridized carbons (Fsp3) is 0.105. The maximum absolute atomic E-state index is 12.5. The molecule has 0 saturated heterocycles. The smallest absolute Gasteiger partial charge is 0.302 e. The Bertz CT molecular complexity index is 948. The van der Waals surface area contributed by atoms with Crippen LogP contribution < -0.4 is 4.74 Å². The van der Waals surface area contributed by atoms with Crippen LogP contribution in [0.5, 0.6) is 5.75 Å². The van der Waals surface area contributed by atoms with E-state index in [1.54, 1.807) is 42.5 Å². The van der Waals surface area contributed by atoms with Crippen molar-refractivity contribution in [1.82, 2.24) is 0 Å². The van der Waals surface area contributed by atoms with E-state index in [-0.39, 0.29) is 11.1 Å². The van der Waals surface area contributed by atoms with Gasteiger partial charge in [0.15, 0.2) is 0 Å². The van der Waals surface area contributed by atoms with Crippen LogP contribution in [0.4, 0.5) is 0 Å².